The fourth-order valence-corrected chi connectivity index (χ4v) is 2.99. The lowest BCUT2D eigenvalue weighted by Crippen LogP contribution is -2.44. The summed E-state index contributed by atoms with van der Waals surface area (Å²) in [6.07, 6.45) is 1.08. The molecule has 2 aromatic rings. The van der Waals surface area contributed by atoms with E-state index in [0.717, 1.165) is 43.9 Å². The van der Waals surface area contributed by atoms with Gasteiger partial charge >= 0.3 is 0 Å². The Hall–Kier alpha value is -1.96. The molecule has 1 aliphatic rings. The number of hydrazine groups is 1. The highest BCUT2D eigenvalue weighted by molar-refractivity contribution is 6.31. The zero-order valence-electron chi connectivity index (χ0n) is 17.5. The van der Waals surface area contributed by atoms with Gasteiger partial charge < -0.3 is 15.6 Å². The first kappa shape index (κ1) is 22.3. The number of benzene rings is 1. The van der Waals surface area contributed by atoms with Crippen molar-refractivity contribution in [3.8, 4) is 11.4 Å². The van der Waals surface area contributed by atoms with Crippen molar-refractivity contribution in [2.75, 3.05) is 43.6 Å². The standard InChI is InChI=1S/C18H26ClN7.C2H6/c1-4-13(2)25(3)24-15-7-5-14(6-8-15)17-21-18(16(19)22-23-17)26-11-9-20-10-12-26;1-2/h5-8,13,20,24H,4,9-12H2,1-3H3;1-2H3. The van der Waals surface area contributed by atoms with Crippen LogP contribution in [0.1, 0.15) is 34.1 Å². The Kier molecular flexibility index (Phi) is 8.89. The molecule has 0 spiro atoms. The van der Waals surface area contributed by atoms with Crippen molar-refractivity contribution < 1.29 is 0 Å². The van der Waals surface area contributed by atoms with E-state index in [-0.39, 0.29) is 0 Å². The first-order chi connectivity index (χ1) is 13.6. The van der Waals surface area contributed by atoms with Crippen molar-refractivity contribution in [1.82, 2.24) is 25.5 Å². The van der Waals surface area contributed by atoms with Gasteiger partial charge in [-0.05, 0) is 37.6 Å². The van der Waals surface area contributed by atoms with E-state index < -0.39 is 0 Å². The van der Waals surface area contributed by atoms with Gasteiger partial charge in [0.05, 0.1) is 0 Å². The number of nitrogens with zero attached hydrogens (tertiary/aromatic N) is 5. The van der Waals surface area contributed by atoms with Gasteiger partial charge in [-0.25, -0.2) is 9.99 Å². The van der Waals surface area contributed by atoms with E-state index in [1.54, 1.807) is 0 Å². The molecule has 3 rings (SSSR count). The minimum atomic E-state index is 0.351. The van der Waals surface area contributed by atoms with Gasteiger partial charge in [-0.1, -0.05) is 32.4 Å². The molecule has 28 heavy (non-hydrogen) atoms. The van der Waals surface area contributed by atoms with Gasteiger partial charge in [-0.2, -0.15) is 0 Å². The molecule has 0 bridgehead atoms. The van der Waals surface area contributed by atoms with Crippen molar-refractivity contribution in [3.63, 3.8) is 0 Å². The van der Waals surface area contributed by atoms with Gasteiger partial charge in [0.2, 0.25) is 0 Å². The third-order valence-corrected chi connectivity index (χ3v) is 4.99. The lowest BCUT2D eigenvalue weighted by Gasteiger charge is -2.28. The van der Waals surface area contributed by atoms with E-state index in [4.69, 9.17) is 11.6 Å². The smallest absolute Gasteiger partial charge is 0.194 e. The SMILES string of the molecule is CC.CCC(C)N(C)Nc1ccc(-c2nnc(Cl)c(N3CCNCC3)n2)cc1. The van der Waals surface area contributed by atoms with Crippen molar-refractivity contribution in [2.45, 2.75) is 40.2 Å². The van der Waals surface area contributed by atoms with Crippen molar-refractivity contribution >= 4 is 23.1 Å². The van der Waals surface area contributed by atoms with Gasteiger partial charge in [0, 0.05) is 50.5 Å². The van der Waals surface area contributed by atoms with Gasteiger partial charge in [-0.15, -0.1) is 10.2 Å². The molecule has 0 saturated carbocycles. The number of halogens is 1. The van der Waals surface area contributed by atoms with Crippen LogP contribution in [0.15, 0.2) is 24.3 Å². The van der Waals surface area contributed by atoms with Crippen LogP contribution in [0.25, 0.3) is 11.4 Å². The lowest BCUT2D eigenvalue weighted by molar-refractivity contribution is 0.302. The Balaban J connectivity index is 0.00000136. The molecule has 2 N–H and O–H groups in total. The summed E-state index contributed by atoms with van der Waals surface area (Å²) >= 11 is 6.23. The Labute approximate surface area is 173 Å². The highest BCUT2D eigenvalue weighted by atomic mass is 35.5. The minimum absolute atomic E-state index is 0.351. The predicted molar refractivity (Wildman–Crippen MR) is 118 cm³/mol. The monoisotopic (exact) mass is 405 g/mol. The highest BCUT2D eigenvalue weighted by Gasteiger charge is 2.18. The molecular formula is C20H32ClN7. The number of anilines is 2. The van der Waals surface area contributed by atoms with Gasteiger partial charge in [-0.3, -0.25) is 0 Å². The number of aromatic nitrogens is 3. The second kappa shape index (κ2) is 11.1. The van der Waals surface area contributed by atoms with E-state index in [1.165, 1.54) is 0 Å². The largest absolute Gasteiger partial charge is 0.351 e. The molecule has 1 aromatic carbocycles. The average molecular weight is 406 g/mol. The maximum Gasteiger partial charge on any atom is 0.194 e. The van der Waals surface area contributed by atoms with Crippen LogP contribution in [-0.4, -0.2) is 59.5 Å². The summed E-state index contributed by atoms with van der Waals surface area (Å²) in [5.41, 5.74) is 5.33. The van der Waals surface area contributed by atoms with Gasteiger partial charge in [0.25, 0.3) is 0 Å². The van der Waals surface area contributed by atoms with E-state index in [0.29, 0.717) is 22.8 Å². The lowest BCUT2D eigenvalue weighted by atomic mass is 10.2. The fraction of sp³-hybridized carbons (Fsp3) is 0.550. The zero-order chi connectivity index (χ0) is 20.5. The second-order valence-electron chi connectivity index (χ2n) is 6.54. The summed E-state index contributed by atoms with van der Waals surface area (Å²) in [6.45, 7) is 11.9. The van der Waals surface area contributed by atoms with Crippen LogP contribution in [0.5, 0.6) is 0 Å². The van der Waals surface area contributed by atoms with E-state index in [9.17, 15) is 0 Å². The second-order valence-corrected chi connectivity index (χ2v) is 6.90. The molecule has 8 heteroatoms. The summed E-state index contributed by atoms with van der Waals surface area (Å²) < 4.78 is 0. The van der Waals surface area contributed by atoms with Gasteiger partial charge in [0.1, 0.15) is 0 Å². The van der Waals surface area contributed by atoms with Gasteiger partial charge in [0.15, 0.2) is 16.8 Å². The molecule has 0 radical (unpaired) electrons. The third kappa shape index (κ3) is 5.77. The van der Waals surface area contributed by atoms with Crippen LogP contribution in [0.4, 0.5) is 11.5 Å². The molecule has 2 heterocycles. The maximum atomic E-state index is 6.23. The first-order valence-corrected chi connectivity index (χ1v) is 10.4. The average Bonchev–Trinajstić information content (AvgIpc) is 2.76. The minimum Gasteiger partial charge on any atom is -0.351 e. The number of piperazine rings is 1. The molecule has 1 fully saturated rings. The van der Waals surface area contributed by atoms with Crippen LogP contribution >= 0.6 is 11.6 Å². The summed E-state index contributed by atoms with van der Waals surface area (Å²) in [5.74, 6) is 1.29. The van der Waals surface area contributed by atoms with E-state index >= 15 is 0 Å². The third-order valence-electron chi connectivity index (χ3n) is 4.75. The Morgan fingerprint density at radius 2 is 1.82 bits per heavy atom. The molecule has 1 unspecified atom stereocenters. The maximum absolute atomic E-state index is 6.23. The summed E-state index contributed by atoms with van der Waals surface area (Å²) in [4.78, 5) is 6.81. The summed E-state index contributed by atoms with van der Waals surface area (Å²) in [6, 6.07) is 8.51. The topological polar surface area (TPSA) is 69.2 Å². The molecule has 1 atom stereocenters. The number of nitrogens with one attached hydrogen (secondary N) is 2. The Morgan fingerprint density at radius 3 is 2.43 bits per heavy atom. The molecule has 1 aromatic heterocycles. The number of rotatable bonds is 6. The van der Waals surface area contributed by atoms with Crippen LogP contribution < -0.4 is 15.6 Å². The Bertz CT molecular complexity index is 717. The summed E-state index contributed by atoms with van der Waals surface area (Å²) in [5, 5.41) is 14.1. The molecule has 1 saturated heterocycles. The number of hydrogen-bond acceptors (Lipinski definition) is 7. The molecule has 1 aliphatic heterocycles. The Morgan fingerprint density at radius 1 is 1.18 bits per heavy atom. The molecule has 154 valence electrons. The summed E-state index contributed by atoms with van der Waals surface area (Å²) in [7, 11) is 2.05. The molecular weight excluding hydrogens is 374 g/mol. The van der Waals surface area contributed by atoms with E-state index in [1.807, 2.05) is 45.2 Å². The van der Waals surface area contributed by atoms with Crippen LogP contribution in [0.3, 0.4) is 0 Å². The quantitative estimate of drug-likeness (QED) is 0.710. The highest BCUT2D eigenvalue weighted by Crippen LogP contribution is 2.25. The number of hydrogen-bond donors (Lipinski definition) is 2. The van der Waals surface area contributed by atoms with E-state index in [2.05, 4.69) is 49.7 Å². The van der Waals surface area contributed by atoms with Crippen molar-refractivity contribution in [2.24, 2.45) is 0 Å². The molecule has 0 amide bonds. The van der Waals surface area contributed by atoms with Crippen molar-refractivity contribution in [1.29, 1.82) is 0 Å². The first-order valence-electron chi connectivity index (χ1n) is 10.0. The van der Waals surface area contributed by atoms with Crippen LogP contribution in [0, 0.1) is 0 Å². The van der Waals surface area contributed by atoms with Crippen LogP contribution in [-0.2, 0) is 0 Å². The predicted octanol–water partition coefficient (Wildman–Crippen LogP) is 3.69. The van der Waals surface area contributed by atoms with Crippen LogP contribution in [0.2, 0.25) is 5.15 Å². The van der Waals surface area contributed by atoms with Crippen molar-refractivity contribution in [3.05, 3.63) is 29.4 Å². The normalized spacial score (nSPS) is 15.0. The fourth-order valence-electron chi connectivity index (χ4n) is 2.79. The molecule has 7 nitrogen and oxygen atoms in total. The zero-order valence-corrected chi connectivity index (χ0v) is 18.3. The molecule has 0 aliphatic carbocycles.